The van der Waals surface area contributed by atoms with Gasteiger partial charge in [0.05, 0.1) is 6.61 Å². The molecule has 0 saturated heterocycles. The minimum atomic E-state index is -1.86. The van der Waals surface area contributed by atoms with Crippen molar-refractivity contribution >= 4 is 19.2 Å². The lowest BCUT2D eigenvalue weighted by Crippen LogP contribution is -2.43. The molecule has 0 fully saturated rings. The summed E-state index contributed by atoms with van der Waals surface area (Å²) in [6, 6.07) is 13.8. The van der Waals surface area contributed by atoms with E-state index in [0.29, 0.717) is 18.7 Å². The predicted molar refractivity (Wildman–Crippen MR) is 92.0 cm³/mol. The van der Waals surface area contributed by atoms with Gasteiger partial charge in [-0.05, 0) is 16.8 Å². The Bertz CT molecular complexity index is 653. The van der Waals surface area contributed by atoms with Crippen LogP contribution in [-0.4, -0.2) is 25.6 Å². The summed E-state index contributed by atoms with van der Waals surface area (Å²) in [6.45, 7) is 8.52. The van der Waals surface area contributed by atoms with Gasteiger partial charge in [-0.3, -0.25) is 0 Å². The highest BCUT2D eigenvalue weighted by molar-refractivity contribution is 6.94. The molecule has 3 nitrogen and oxygen atoms in total. The van der Waals surface area contributed by atoms with Gasteiger partial charge in [-0.15, -0.1) is 6.58 Å². The third-order valence-corrected chi connectivity index (χ3v) is 6.48. The number of rotatable bonds is 6. The molecule has 0 aliphatic carbocycles. The van der Waals surface area contributed by atoms with E-state index in [-0.39, 0.29) is 5.97 Å². The average molecular weight is 311 g/mol. The van der Waals surface area contributed by atoms with Crippen LogP contribution in [0.5, 0.6) is 0 Å². The molecule has 0 saturated carbocycles. The lowest BCUT2D eigenvalue weighted by Gasteiger charge is -2.20. The maximum absolute atomic E-state index is 12.3. The first kappa shape index (κ1) is 16.2. The highest BCUT2D eigenvalue weighted by Crippen LogP contribution is 2.08. The Morgan fingerprint density at radius 1 is 1.23 bits per heavy atom. The minimum Gasteiger partial charge on any atom is -0.461 e. The summed E-state index contributed by atoms with van der Waals surface area (Å²) in [5.74, 6) is -0.353. The molecule has 2 rings (SSSR count). The molecule has 0 aliphatic heterocycles. The zero-order valence-corrected chi connectivity index (χ0v) is 14.1. The summed E-state index contributed by atoms with van der Waals surface area (Å²) in [7, 11) is -1.86. The number of pyridine rings is 1. The molecule has 114 valence electrons. The molecule has 1 aromatic carbocycles. The van der Waals surface area contributed by atoms with Crippen molar-refractivity contribution in [2.24, 2.45) is 0 Å². The highest BCUT2D eigenvalue weighted by Gasteiger charge is 2.26. The number of hydrogen-bond donors (Lipinski definition) is 0. The van der Waals surface area contributed by atoms with E-state index in [1.54, 1.807) is 6.20 Å². The number of ether oxygens (including phenoxy) is 1. The van der Waals surface area contributed by atoms with Crippen molar-refractivity contribution in [1.29, 1.82) is 0 Å². The number of carbonyl (C=O) groups excluding carboxylic acids is 1. The van der Waals surface area contributed by atoms with Gasteiger partial charge >= 0.3 is 5.97 Å². The van der Waals surface area contributed by atoms with E-state index in [4.69, 9.17) is 4.74 Å². The number of hydrogen-bond acceptors (Lipinski definition) is 3. The van der Waals surface area contributed by atoms with E-state index in [1.807, 2.05) is 48.2 Å². The Morgan fingerprint density at radius 2 is 1.95 bits per heavy atom. The fourth-order valence-corrected chi connectivity index (χ4v) is 3.70. The van der Waals surface area contributed by atoms with E-state index in [0.717, 1.165) is 10.8 Å². The smallest absolute Gasteiger partial charge is 0.356 e. The van der Waals surface area contributed by atoms with Crippen LogP contribution in [0.1, 0.15) is 16.1 Å². The van der Waals surface area contributed by atoms with E-state index in [2.05, 4.69) is 24.7 Å². The number of benzene rings is 1. The van der Waals surface area contributed by atoms with Gasteiger partial charge in [-0.2, -0.15) is 0 Å². The van der Waals surface area contributed by atoms with Gasteiger partial charge in [0.25, 0.3) is 0 Å². The van der Waals surface area contributed by atoms with Gasteiger partial charge in [0.2, 0.25) is 0 Å². The van der Waals surface area contributed by atoms with Crippen LogP contribution in [0.2, 0.25) is 13.1 Å². The summed E-state index contributed by atoms with van der Waals surface area (Å²) in [5.41, 5.74) is 3.52. The molecule has 0 bridgehead atoms. The summed E-state index contributed by atoms with van der Waals surface area (Å²) in [6.07, 6.45) is 2.34. The third kappa shape index (κ3) is 3.92. The molecule has 0 unspecified atom stereocenters. The van der Waals surface area contributed by atoms with Crippen molar-refractivity contribution in [2.75, 3.05) is 6.61 Å². The van der Waals surface area contributed by atoms with Crippen LogP contribution < -0.4 is 5.19 Å². The van der Waals surface area contributed by atoms with Gasteiger partial charge in [0.1, 0.15) is 13.8 Å². The molecule has 0 atom stereocenters. The first-order valence-electron chi connectivity index (χ1n) is 7.35. The van der Waals surface area contributed by atoms with Crippen molar-refractivity contribution in [2.45, 2.75) is 19.5 Å². The summed E-state index contributed by atoms with van der Waals surface area (Å²) < 4.78 is 5.40. The molecule has 22 heavy (non-hydrogen) atoms. The summed E-state index contributed by atoms with van der Waals surface area (Å²) in [4.78, 5) is 16.6. The molecule has 2 aromatic rings. The lowest BCUT2D eigenvalue weighted by atomic mass is 10.2. The van der Waals surface area contributed by atoms with Gasteiger partial charge in [0.15, 0.2) is 0 Å². The van der Waals surface area contributed by atoms with Crippen LogP contribution in [0.25, 0.3) is 0 Å². The fourth-order valence-electron chi connectivity index (χ4n) is 2.17. The molecule has 1 heterocycles. The second-order valence-corrected chi connectivity index (χ2v) is 10.1. The van der Waals surface area contributed by atoms with Crippen LogP contribution in [0.15, 0.2) is 60.9 Å². The zero-order valence-electron chi connectivity index (χ0n) is 13.1. The normalized spacial score (nSPS) is 11.0. The van der Waals surface area contributed by atoms with E-state index in [1.165, 1.54) is 0 Å². The molecular formula is C18H21NO2Si. The molecule has 0 N–H and O–H groups in total. The second-order valence-electron chi connectivity index (χ2n) is 5.70. The first-order chi connectivity index (χ1) is 10.5. The second kappa shape index (κ2) is 7.18. The maximum Gasteiger partial charge on any atom is 0.356 e. The molecule has 4 heteroatoms. The Hall–Kier alpha value is -2.20. The predicted octanol–water partition coefficient (Wildman–Crippen LogP) is 3.12. The maximum atomic E-state index is 12.3. The third-order valence-electron chi connectivity index (χ3n) is 3.67. The van der Waals surface area contributed by atoms with Crippen LogP contribution in [0.4, 0.5) is 0 Å². The van der Waals surface area contributed by atoms with E-state index < -0.39 is 8.07 Å². The van der Waals surface area contributed by atoms with Crippen LogP contribution in [0.3, 0.4) is 0 Å². The summed E-state index contributed by atoms with van der Waals surface area (Å²) in [5, 5.41) is 0.967. The largest absolute Gasteiger partial charge is 0.461 e. The van der Waals surface area contributed by atoms with E-state index >= 15 is 0 Å². The van der Waals surface area contributed by atoms with Crippen LogP contribution in [-0.2, 0) is 11.2 Å². The monoisotopic (exact) mass is 311 g/mol. The Morgan fingerprint density at radius 3 is 2.64 bits per heavy atom. The van der Waals surface area contributed by atoms with Gasteiger partial charge in [-0.25, -0.2) is 9.78 Å². The Labute approximate surface area is 132 Å². The summed E-state index contributed by atoms with van der Waals surface area (Å²) >= 11 is 0. The van der Waals surface area contributed by atoms with Gasteiger partial charge in [0, 0.05) is 12.6 Å². The van der Waals surface area contributed by atoms with Gasteiger partial charge in [-0.1, -0.05) is 55.2 Å². The number of carbonyl (C=O) groups is 1. The van der Waals surface area contributed by atoms with Gasteiger partial charge < -0.3 is 4.74 Å². The zero-order chi connectivity index (χ0) is 16.0. The molecule has 0 radical (unpaired) electrons. The van der Waals surface area contributed by atoms with Crippen molar-refractivity contribution in [1.82, 2.24) is 4.98 Å². The van der Waals surface area contributed by atoms with Crippen molar-refractivity contribution in [3.63, 3.8) is 0 Å². The lowest BCUT2D eigenvalue weighted by molar-refractivity contribution is 0.0504. The Balaban J connectivity index is 2.06. The molecular weight excluding hydrogens is 290 g/mol. The standard InChI is InChI=1S/C18H21NO2Si/c1-4-22(2,3)16-11-8-13-19-17(16)18(20)21-14-12-15-9-6-5-7-10-15/h4-11,13H,1,12,14H2,2-3H3. The quantitative estimate of drug-likeness (QED) is 0.608. The fraction of sp³-hybridized carbons (Fsp3) is 0.222. The molecule has 0 spiro atoms. The average Bonchev–Trinajstić information content (AvgIpc) is 2.55. The molecule has 0 aliphatic rings. The van der Waals surface area contributed by atoms with Crippen molar-refractivity contribution in [3.8, 4) is 0 Å². The molecule has 1 aromatic heterocycles. The van der Waals surface area contributed by atoms with Crippen LogP contribution >= 0.6 is 0 Å². The number of esters is 1. The number of aromatic nitrogens is 1. The minimum absolute atomic E-state index is 0.353. The van der Waals surface area contributed by atoms with Crippen molar-refractivity contribution in [3.05, 3.63) is 72.2 Å². The SMILES string of the molecule is C=C[Si](C)(C)c1cccnc1C(=O)OCCc1ccccc1. The topological polar surface area (TPSA) is 39.2 Å². The van der Waals surface area contributed by atoms with Crippen LogP contribution in [0, 0.1) is 0 Å². The highest BCUT2D eigenvalue weighted by atomic mass is 28.3. The first-order valence-corrected chi connectivity index (χ1v) is 10.4. The Kier molecular flexibility index (Phi) is 5.28. The van der Waals surface area contributed by atoms with E-state index in [9.17, 15) is 4.79 Å². The van der Waals surface area contributed by atoms with Crippen molar-refractivity contribution < 1.29 is 9.53 Å². The molecule has 0 amide bonds. The number of nitrogens with zero attached hydrogens (tertiary/aromatic N) is 1.